The zero-order valence-electron chi connectivity index (χ0n) is 22.6. The summed E-state index contributed by atoms with van der Waals surface area (Å²) < 4.78 is 0. The number of rotatable bonds is 8. The van der Waals surface area contributed by atoms with Crippen LogP contribution in [0.3, 0.4) is 0 Å². The second kappa shape index (κ2) is 10.5. The molecule has 8 heteroatoms. The summed E-state index contributed by atoms with van der Waals surface area (Å²) in [5, 5.41) is 19.3. The van der Waals surface area contributed by atoms with Crippen molar-refractivity contribution in [3.63, 3.8) is 0 Å². The standard InChI is InChI=1S/C31H31N7O/c1-5-38(17-16-37(4)30(39)22-12-14-33-15-13-22)24-10-11-26-25(18-24)28-27(19-34-26)35-36-29(28)21-6-8-23(9-7-21)31(2,3)20-32/h6-15,18-19H,5,16-17H2,1-4H3,(H,35,36). The van der Waals surface area contributed by atoms with Gasteiger partial charge in [0.25, 0.3) is 5.91 Å². The van der Waals surface area contributed by atoms with E-state index in [1.54, 1.807) is 29.4 Å². The first-order valence-electron chi connectivity index (χ1n) is 13.0. The van der Waals surface area contributed by atoms with Gasteiger partial charge in [0.1, 0.15) is 5.69 Å². The average molecular weight is 518 g/mol. The molecule has 0 bridgehead atoms. The van der Waals surface area contributed by atoms with Crippen LogP contribution in [0.15, 0.2) is 73.2 Å². The van der Waals surface area contributed by atoms with E-state index in [-0.39, 0.29) is 5.91 Å². The molecule has 0 spiro atoms. The average Bonchev–Trinajstić information content (AvgIpc) is 3.42. The van der Waals surface area contributed by atoms with Gasteiger partial charge in [0, 0.05) is 66.7 Å². The molecule has 3 heterocycles. The SMILES string of the molecule is CCN(CCN(C)C(=O)c1ccncc1)c1ccc2ncc3[nH]nc(-c4ccc(C(C)(C)C#N)cc4)c3c2c1. The van der Waals surface area contributed by atoms with E-state index in [4.69, 9.17) is 0 Å². The maximum Gasteiger partial charge on any atom is 0.253 e. The first-order valence-corrected chi connectivity index (χ1v) is 13.0. The summed E-state index contributed by atoms with van der Waals surface area (Å²) in [6.45, 7) is 8.00. The predicted octanol–water partition coefficient (Wildman–Crippen LogP) is 5.57. The van der Waals surface area contributed by atoms with Crippen LogP contribution in [0.1, 0.15) is 36.7 Å². The third-order valence-electron chi connectivity index (χ3n) is 7.26. The molecule has 5 rings (SSSR count). The number of nitrogens with one attached hydrogen (secondary N) is 1. The van der Waals surface area contributed by atoms with E-state index < -0.39 is 5.41 Å². The molecule has 5 aromatic rings. The zero-order chi connectivity index (χ0) is 27.6. The molecule has 0 radical (unpaired) electrons. The van der Waals surface area contributed by atoms with E-state index in [2.05, 4.69) is 50.2 Å². The molecule has 0 fully saturated rings. The fraction of sp³-hybridized carbons (Fsp3) is 0.258. The van der Waals surface area contributed by atoms with Crippen LogP contribution in [0.25, 0.3) is 33.1 Å². The lowest BCUT2D eigenvalue weighted by Crippen LogP contribution is -2.36. The quantitative estimate of drug-likeness (QED) is 0.289. The summed E-state index contributed by atoms with van der Waals surface area (Å²) in [6.07, 6.45) is 5.09. The van der Waals surface area contributed by atoms with Gasteiger partial charge < -0.3 is 9.80 Å². The van der Waals surface area contributed by atoms with Crippen LogP contribution < -0.4 is 4.90 Å². The summed E-state index contributed by atoms with van der Waals surface area (Å²) in [5.41, 5.74) is 5.67. The van der Waals surface area contributed by atoms with Gasteiger partial charge in [-0.3, -0.25) is 19.9 Å². The number of aromatic nitrogens is 4. The number of aromatic amines is 1. The van der Waals surface area contributed by atoms with Crippen molar-refractivity contribution in [2.45, 2.75) is 26.2 Å². The molecule has 0 saturated carbocycles. The minimum absolute atomic E-state index is 0.0231. The number of benzene rings is 2. The van der Waals surface area contributed by atoms with Gasteiger partial charge >= 0.3 is 0 Å². The first kappa shape index (κ1) is 25.9. The van der Waals surface area contributed by atoms with Crippen LogP contribution in [0.5, 0.6) is 0 Å². The van der Waals surface area contributed by atoms with Crippen molar-refractivity contribution in [1.82, 2.24) is 25.1 Å². The third-order valence-corrected chi connectivity index (χ3v) is 7.26. The molecular weight excluding hydrogens is 486 g/mol. The maximum atomic E-state index is 12.8. The molecule has 0 aliphatic carbocycles. The Hall–Kier alpha value is -4.77. The number of pyridine rings is 2. The van der Waals surface area contributed by atoms with Gasteiger partial charge in [-0.1, -0.05) is 24.3 Å². The Morgan fingerprint density at radius 1 is 1.05 bits per heavy atom. The van der Waals surface area contributed by atoms with Crippen molar-refractivity contribution in [3.05, 3.63) is 84.3 Å². The molecule has 1 N–H and O–H groups in total. The number of amides is 1. The van der Waals surface area contributed by atoms with Crippen LogP contribution >= 0.6 is 0 Å². The van der Waals surface area contributed by atoms with Crippen molar-refractivity contribution < 1.29 is 4.79 Å². The number of likely N-dealkylation sites (N-methyl/N-ethyl adjacent to an activating group) is 2. The second-order valence-corrected chi connectivity index (χ2v) is 10.2. The number of fused-ring (bicyclic) bond motifs is 3. The largest absolute Gasteiger partial charge is 0.370 e. The van der Waals surface area contributed by atoms with E-state index in [1.165, 1.54) is 0 Å². The van der Waals surface area contributed by atoms with Gasteiger partial charge in [-0.2, -0.15) is 10.4 Å². The van der Waals surface area contributed by atoms with Crippen LogP contribution in [0.2, 0.25) is 0 Å². The van der Waals surface area contributed by atoms with Gasteiger partial charge in [0.2, 0.25) is 0 Å². The molecule has 39 heavy (non-hydrogen) atoms. The number of carbonyl (C=O) groups excluding carboxylic acids is 1. The fourth-order valence-corrected chi connectivity index (χ4v) is 4.76. The summed E-state index contributed by atoms with van der Waals surface area (Å²) in [6, 6.07) is 20.1. The molecular formula is C31H31N7O. The molecule has 1 amide bonds. The third kappa shape index (κ3) is 5.04. The number of hydrogen-bond acceptors (Lipinski definition) is 6. The lowest BCUT2D eigenvalue weighted by Gasteiger charge is -2.26. The molecule has 196 valence electrons. The Morgan fingerprint density at radius 2 is 1.79 bits per heavy atom. The highest BCUT2D eigenvalue weighted by molar-refractivity contribution is 6.11. The molecule has 0 saturated heterocycles. The summed E-state index contributed by atoms with van der Waals surface area (Å²) in [4.78, 5) is 25.4. The number of carbonyl (C=O) groups is 1. The Bertz CT molecular complexity index is 1670. The monoisotopic (exact) mass is 517 g/mol. The number of hydrogen-bond donors (Lipinski definition) is 1. The molecule has 0 unspecified atom stereocenters. The van der Waals surface area contributed by atoms with Crippen molar-refractivity contribution in [1.29, 1.82) is 5.26 Å². The molecule has 0 atom stereocenters. The van der Waals surface area contributed by atoms with Gasteiger partial charge in [-0.25, -0.2) is 0 Å². The summed E-state index contributed by atoms with van der Waals surface area (Å²) in [7, 11) is 1.82. The fourth-order valence-electron chi connectivity index (χ4n) is 4.76. The smallest absolute Gasteiger partial charge is 0.253 e. The van der Waals surface area contributed by atoms with Gasteiger partial charge in [0.05, 0.1) is 28.7 Å². The van der Waals surface area contributed by atoms with E-state index in [9.17, 15) is 10.1 Å². The van der Waals surface area contributed by atoms with E-state index in [1.807, 2.05) is 57.4 Å². The predicted molar refractivity (Wildman–Crippen MR) is 155 cm³/mol. The van der Waals surface area contributed by atoms with Crippen LogP contribution in [0, 0.1) is 11.3 Å². The van der Waals surface area contributed by atoms with E-state index in [0.29, 0.717) is 18.7 Å². The lowest BCUT2D eigenvalue weighted by molar-refractivity contribution is 0.0798. The molecule has 0 aliphatic rings. The highest BCUT2D eigenvalue weighted by atomic mass is 16.2. The molecule has 8 nitrogen and oxygen atoms in total. The number of nitriles is 1. The highest BCUT2D eigenvalue weighted by Gasteiger charge is 2.20. The molecule has 2 aromatic carbocycles. The van der Waals surface area contributed by atoms with E-state index >= 15 is 0 Å². The normalized spacial score (nSPS) is 11.5. The Balaban J connectivity index is 1.45. The van der Waals surface area contributed by atoms with Gasteiger partial charge in [-0.05, 0) is 56.7 Å². The first-order chi connectivity index (χ1) is 18.8. The van der Waals surface area contributed by atoms with Gasteiger partial charge in [0.15, 0.2) is 0 Å². The van der Waals surface area contributed by atoms with Crippen molar-refractivity contribution >= 4 is 33.4 Å². The minimum Gasteiger partial charge on any atom is -0.370 e. The Labute approximate surface area is 227 Å². The minimum atomic E-state index is -0.557. The maximum absolute atomic E-state index is 12.8. The molecule has 3 aromatic heterocycles. The summed E-state index contributed by atoms with van der Waals surface area (Å²) >= 11 is 0. The van der Waals surface area contributed by atoms with Crippen molar-refractivity contribution in [3.8, 4) is 17.3 Å². The van der Waals surface area contributed by atoms with Crippen molar-refractivity contribution in [2.75, 3.05) is 31.6 Å². The van der Waals surface area contributed by atoms with E-state index in [0.717, 1.165) is 50.9 Å². The summed E-state index contributed by atoms with van der Waals surface area (Å²) in [5.74, 6) is -0.0231. The second-order valence-electron chi connectivity index (χ2n) is 10.2. The topological polar surface area (TPSA) is 102 Å². The number of anilines is 1. The molecule has 0 aliphatic heterocycles. The Kier molecular flexibility index (Phi) is 6.99. The number of nitrogens with zero attached hydrogens (tertiary/aromatic N) is 6. The highest BCUT2D eigenvalue weighted by Crippen LogP contribution is 2.34. The lowest BCUT2D eigenvalue weighted by atomic mass is 9.86. The van der Waals surface area contributed by atoms with Crippen molar-refractivity contribution in [2.24, 2.45) is 0 Å². The van der Waals surface area contributed by atoms with Crippen LogP contribution in [-0.2, 0) is 5.41 Å². The van der Waals surface area contributed by atoms with Gasteiger partial charge in [-0.15, -0.1) is 0 Å². The van der Waals surface area contributed by atoms with Crippen LogP contribution in [-0.4, -0.2) is 57.7 Å². The zero-order valence-corrected chi connectivity index (χ0v) is 22.6. The number of H-pyrrole nitrogens is 1. The Morgan fingerprint density at radius 3 is 2.49 bits per heavy atom. The van der Waals surface area contributed by atoms with Crippen LogP contribution in [0.4, 0.5) is 5.69 Å².